The van der Waals surface area contributed by atoms with E-state index in [0.29, 0.717) is 17.7 Å². The fraction of sp³-hybridized carbons (Fsp3) is 0.273. The van der Waals surface area contributed by atoms with Crippen LogP contribution in [0.2, 0.25) is 0 Å². The summed E-state index contributed by atoms with van der Waals surface area (Å²) in [4.78, 5) is 17.1. The molecule has 4 aromatic rings. The first-order valence-corrected chi connectivity index (χ1v) is 10.1. The molecule has 3 heterocycles. The van der Waals surface area contributed by atoms with Gasteiger partial charge in [0.2, 0.25) is 0 Å². The summed E-state index contributed by atoms with van der Waals surface area (Å²) in [6.07, 6.45) is -2.19. The Morgan fingerprint density at radius 2 is 1.97 bits per heavy atom. The van der Waals surface area contributed by atoms with Gasteiger partial charge in [-0.2, -0.15) is 23.4 Å². The van der Waals surface area contributed by atoms with E-state index < -0.39 is 17.8 Å². The molecule has 0 unspecified atom stereocenters. The number of fused-ring (bicyclic) bond motifs is 4. The van der Waals surface area contributed by atoms with Crippen LogP contribution in [0, 0.1) is 6.92 Å². The molecule has 10 heteroatoms. The molecular formula is C22H19F3N6O. The highest BCUT2D eigenvalue weighted by molar-refractivity contribution is 5.93. The lowest BCUT2D eigenvalue weighted by molar-refractivity contribution is -0.143. The zero-order valence-electron chi connectivity index (χ0n) is 17.4. The molecule has 164 valence electrons. The first-order valence-electron chi connectivity index (χ1n) is 10.1. The number of amides is 1. The van der Waals surface area contributed by atoms with Crippen LogP contribution in [0.15, 0.2) is 36.5 Å². The summed E-state index contributed by atoms with van der Waals surface area (Å²) in [5, 5.41) is 10.9. The second-order valence-electron chi connectivity index (χ2n) is 7.84. The third-order valence-corrected chi connectivity index (χ3v) is 5.67. The first kappa shape index (κ1) is 20.2. The van der Waals surface area contributed by atoms with Gasteiger partial charge in [0.25, 0.3) is 5.91 Å². The van der Waals surface area contributed by atoms with Crippen molar-refractivity contribution in [3.63, 3.8) is 0 Å². The number of benzene rings is 1. The van der Waals surface area contributed by atoms with E-state index in [-0.39, 0.29) is 29.9 Å². The number of rotatable bonds is 3. The number of hydrogen-bond acceptors (Lipinski definition) is 4. The van der Waals surface area contributed by atoms with Gasteiger partial charge in [-0.3, -0.25) is 9.48 Å². The van der Waals surface area contributed by atoms with Crippen LogP contribution in [-0.4, -0.2) is 30.3 Å². The van der Waals surface area contributed by atoms with Gasteiger partial charge in [-0.15, -0.1) is 0 Å². The maximum absolute atomic E-state index is 14.1. The van der Waals surface area contributed by atoms with Crippen molar-refractivity contribution in [1.82, 2.24) is 29.7 Å². The number of aromatic nitrogens is 5. The summed E-state index contributed by atoms with van der Waals surface area (Å²) < 4.78 is 44.7. The Kier molecular flexibility index (Phi) is 4.54. The number of halogens is 3. The van der Waals surface area contributed by atoms with Crippen LogP contribution in [0.1, 0.15) is 38.6 Å². The zero-order chi connectivity index (χ0) is 22.6. The Morgan fingerprint density at radius 3 is 2.69 bits per heavy atom. The lowest BCUT2D eigenvalue weighted by atomic mass is 9.88. The van der Waals surface area contributed by atoms with Crippen LogP contribution < -0.4 is 5.32 Å². The zero-order valence-corrected chi connectivity index (χ0v) is 17.4. The molecule has 1 amide bonds. The predicted molar refractivity (Wildman–Crippen MR) is 110 cm³/mol. The van der Waals surface area contributed by atoms with Gasteiger partial charge < -0.3 is 5.32 Å². The topological polar surface area (TPSA) is 77.1 Å². The highest BCUT2D eigenvalue weighted by Crippen LogP contribution is 2.40. The third kappa shape index (κ3) is 3.31. The van der Waals surface area contributed by atoms with Crippen LogP contribution in [0.3, 0.4) is 0 Å². The molecule has 0 aliphatic heterocycles. The van der Waals surface area contributed by atoms with Gasteiger partial charge in [0.1, 0.15) is 0 Å². The van der Waals surface area contributed by atoms with Crippen LogP contribution in [0.25, 0.3) is 16.9 Å². The molecule has 0 saturated heterocycles. The SMILES string of the molecule is Cc1nn(C)cc1CNC(=O)c1cc2nc3c(c(C(F)(F)F)n2n1)CCc1ccccc1-3. The Morgan fingerprint density at radius 1 is 1.19 bits per heavy atom. The van der Waals surface area contributed by atoms with Crippen LogP contribution in [0.4, 0.5) is 13.2 Å². The van der Waals surface area contributed by atoms with Crippen molar-refractivity contribution < 1.29 is 18.0 Å². The number of carbonyl (C=O) groups is 1. The lowest BCUT2D eigenvalue weighted by Crippen LogP contribution is -2.24. The van der Waals surface area contributed by atoms with E-state index in [0.717, 1.165) is 21.3 Å². The molecule has 7 nitrogen and oxygen atoms in total. The smallest absolute Gasteiger partial charge is 0.346 e. The van der Waals surface area contributed by atoms with Gasteiger partial charge in [-0.1, -0.05) is 24.3 Å². The standard InChI is InChI=1S/C22H19F3N6O/c1-12-14(11-30(2)28-12)10-26-21(32)17-9-18-27-19-15-6-4-3-5-13(15)7-8-16(19)20(22(23,24)25)31(18)29-17/h3-6,9,11H,7-8,10H2,1-2H3,(H,26,32). The summed E-state index contributed by atoms with van der Waals surface area (Å²) in [5.41, 5.74) is 2.58. The molecule has 1 aromatic carbocycles. The molecule has 0 radical (unpaired) electrons. The van der Waals surface area contributed by atoms with E-state index >= 15 is 0 Å². The maximum atomic E-state index is 14.1. The minimum absolute atomic E-state index is 0.0181. The summed E-state index contributed by atoms with van der Waals surface area (Å²) >= 11 is 0. The van der Waals surface area contributed by atoms with Gasteiger partial charge in [0.05, 0.1) is 11.4 Å². The quantitative estimate of drug-likeness (QED) is 0.529. The van der Waals surface area contributed by atoms with Gasteiger partial charge in [-0.25, -0.2) is 9.50 Å². The highest BCUT2D eigenvalue weighted by Gasteiger charge is 2.40. The number of alkyl halides is 3. The predicted octanol–water partition coefficient (Wildman–Crippen LogP) is 3.49. The molecule has 3 aromatic heterocycles. The molecule has 0 bridgehead atoms. The number of aryl methyl sites for hydroxylation is 3. The van der Waals surface area contributed by atoms with Crippen molar-refractivity contribution in [2.75, 3.05) is 0 Å². The summed E-state index contributed by atoms with van der Waals surface area (Å²) in [6.45, 7) is 2.00. The monoisotopic (exact) mass is 440 g/mol. The van der Waals surface area contributed by atoms with E-state index in [9.17, 15) is 18.0 Å². The molecule has 0 spiro atoms. The lowest BCUT2D eigenvalue weighted by Gasteiger charge is -2.23. The average molecular weight is 440 g/mol. The van der Waals surface area contributed by atoms with Gasteiger partial charge in [-0.05, 0) is 25.3 Å². The Hall–Kier alpha value is -3.69. The highest BCUT2D eigenvalue weighted by atomic mass is 19.4. The van der Waals surface area contributed by atoms with Crippen molar-refractivity contribution in [2.45, 2.75) is 32.5 Å². The largest absolute Gasteiger partial charge is 0.433 e. The Labute approximate surface area is 180 Å². The van der Waals surface area contributed by atoms with Gasteiger partial charge in [0.15, 0.2) is 17.0 Å². The number of nitrogens with zero attached hydrogens (tertiary/aromatic N) is 5. The molecule has 0 saturated carbocycles. The summed E-state index contributed by atoms with van der Waals surface area (Å²) in [7, 11) is 1.77. The van der Waals surface area contributed by atoms with Crippen LogP contribution >= 0.6 is 0 Å². The van der Waals surface area contributed by atoms with Crippen molar-refractivity contribution >= 4 is 11.6 Å². The van der Waals surface area contributed by atoms with E-state index in [1.807, 2.05) is 19.1 Å². The van der Waals surface area contributed by atoms with E-state index in [1.54, 1.807) is 30.1 Å². The van der Waals surface area contributed by atoms with Crippen molar-refractivity contribution in [3.05, 3.63) is 70.3 Å². The molecule has 1 aliphatic carbocycles. The first-order chi connectivity index (χ1) is 15.2. The second kappa shape index (κ2) is 7.18. The Balaban J connectivity index is 1.58. The third-order valence-electron chi connectivity index (χ3n) is 5.67. The van der Waals surface area contributed by atoms with Crippen molar-refractivity contribution in [3.8, 4) is 11.3 Å². The second-order valence-corrected chi connectivity index (χ2v) is 7.84. The molecule has 0 fully saturated rings. The van der Waals surface area contributed by atoms with E-state index in [4.69, 9.17) is 0 Å². The van der Waals surface area contributed by atoms with Gasteiger partial charge >= 0.3 is 6.18 Å². The molecule has 5 rings (SSSR count). The number of carbonyl (C=O) groups excluding carboxylic acids is 1. The minimum atomic E-state index is -4.65. The maximum Gasteiger partial charge on any atom is 0.433 e. The fourth-order valence-electron chi connectivity index (χ4n) is 4.22. The normalized spacial score (nSPS) is 13.2. The molecular weight excluding hydrogens is 421 g/mol. The molecule has 32 heavy (non-hydrogen) atoms. The molecule has 1 N–H and O–H groups in total. The summed E-state index contributed by atoms with van der Waals surface area (Å²) in [6, 6.07) is 8.60. The molecule has 1 aliphatic rings. The van der Waals surface area contributed by atoms with Crippen LogP contribution in [0.5, 0.6) is 0 Å². The number of nitrogens with one attached hydrogen (secondary N) is 1. The van der Waals surface area contributed by atoms with E-state index in [1.165, 1.54) is 6.07 Å². The van der Waals surface area contributed by atoms with Crippen LogP contribution in [-0.2, 0) is 32.6 Å². The minimum Gasteiger partial charge on any atom is -0.346 e. The van der Waals surface area contributed by atoms with Crippen molar-refractivity contribution in [1.29, 1.82) is 0 Å². The van der Waals surface area contributed by atoms with Gasteiger partial charge in [0, 0.05) is 42.5 Å². The molecule has 0 atom stereocenters. The van der Waals surface area contributed by atoms with E-state index in [2.05, 4.69) is 20.5 Å². The van der Waals surface area contributed by atoms with Crippen molar-refractivity contribution in [2.24, 2.45) is 7.05 Å². The summed E-state index contributed by atoms with van der Waals surface area (Å²) in [5.74, 6) is -0.578. The Bertz CT molecular complexity index is 1370. The fourth-order valence-corrected chi connectivity index (χ4v) is 4.22. The average Bonchev–Trinajstić information content (AvgIpc) is 3.31. The number of hydrogen-bond donors (Lipinski definition) is 1.